The summed E-state index contributed by atoms with van der Waals surface area (Å²) in [6, 6.07) is 6.45. The van der Waals surface area contributed by atoms with Gasteiger partial charge in [-0.25, -0.2) is 0 Å². The van der Waals surface area contributed by atoms with Crippen LogP contribution in [0.1, 0.15) is 25.0 Å². The Hall–Kier alpha value is -1.02. The first-order valence-corrected chi connectivity index (χ1v) is 5.98. The Morgan fingerprint density at radius 1 is 1.25 bits per heavy atom. The summed E-state index contributed by atoms with van der Waals surface area (Å²) in [6.07, 6.45) is 0. The van der Waals surface area contributed by atoms with Crippen molar-refractivity contribution in [1.29, 1.82) is 0 Å². The van der Waals surface area contributed by atoms with E-state index in [-0.39, 0.29) is 0 Å². The van der Waals surface area contributed by atoms with Gasteiger partial charge in [0.15, 0.2) is 0 Å². The first-order chi connectivity index (χ1) is 7.59. The number of benzene rings is 1. The molecule has 0 aliphatic carbocycles. The van der Waals surface area contributed by atoms with E-state index < -0.39 is 0 Å². The van der Waals surface area contributed by atoms with Gasteiger partial charge in [-0.05, 0) is 31.4 Å². The molecule has 0 aromatic heterocycles. The molecule has 0 spiro atoms. The van der Waals surface area contributed by atoms with Crippen LogP contribution in [0, 0.1) is 19.8 Å². The van der Waals surface area contributed by atoms with Crippen molar-refractivity contribution in [3.05, 3.63) is 29.3 Å². The van der Waals surface area contributed by atoms with E-state index in [1.165, 1.54) is 16.8 Å². The van der Waals surface area contributed by atoms with Crippen molar-refractivity contribution < 1.29 is 4.74 Å². The van der Waals surface area contributed by atoms with Gasteiger partial charge in [-0.1, -0.05) is 31.5 Å². The van der Waals surface area contributed by atoms with Crippen LogP contribution in [0.5, 0.6) is 0 Å². The molecule has 0 bridgehead atoms. The highest BCUT2D eigenvalue weighted by Crippen LogP contribution is 2.15. The molecule has 16 heavy (non-hydrogen) atoms. The highest BCUT2D eigenvalue weighted by Gasteiger charge is 1.98. The lowest BCUT2D eigenvalue weighted by Gasteiger charge is -2.11. The van der Waals surface area contributed by atoms with Gasteiger partial charge in [0, 0.05) is 18.8 Å². The first kappa shape index (κ1) is 13.0. The molecule has 0 aliphatic rings. The van der Waals surface area contributed by atoms with Gasteiger partial charge in [0.1, 0.15) is 0 Å². The predicted molar refractivity (Wildman–Crippen MR) is 70.1 cm³/mol. The van der Waals surface area contributed by atoms with Crippen LogP contribution in [0.15, 0.2) is 18.2 Å². The Kier molecular flexibility index (Phi) is 5.33. The number of hydrogen-bond donors (Lipinski definition) is 1. The van der Waals surface area contributed by atoms with Gasteiger partial charge in [-0.3, -0.25) is 0 Å². The van der Waals surface area contributed by atoms with Crippen LogP contribution in [0.3, 0.4) is 0 Å². The second kappa shape index (κ2) is 6.54. The topological polar surface area (TPSA) is 21.3 Å². The van der Waals surface area contributed by atoms with E-state index in [9.17, 15) is 0 Å². The van der Waals surface area contributed by atoms with E-state index in [2.05, 4.69) is 51.2 Å². The molecule has 1 N–H and O–H groups in total. The first-order valence-electron chi connectivity index (χ1n) is 5.98. The molecular weight excluding hydrogens is 198 g/mol. The molecule has 90 valence electrons. The van der Waals surface area contributed by atoms with E-state index in [1.807, 2.05) is 0 Å². The summed E-state index contributed by atoms with van der Waals surface area (Å²) < 4.78 is 5.52. The average Bonchev–Trinajstić information content (AvgIpc) is 2.20. The highest BCUT2D eigenvalue weighted by atomic mass is 16.5. The van der Waals surface area contributed by atoms with E-state index in [0.717, 1.165) is 19.8 Å². The maximum atomic E-state index is 5.52. The summed E-state index contributed by atoms with van der Waals surface area (Å²) in [6.45, 7) is 11.1. The zero-order chi connectivity index (χ0) is 12.0. The van der Waals surface area contributed by atoms with Crippen LogP contribution in [0.4, 0.5) is 5.69 Å². The highest BCUT2D eigenvalue weighted by molar-refractivity contribution is 5.51. The summed E-state index contributed by atoms with van der Waals surface area (Å²) in [5.74, 6) is 0.612. The molecule has 0 heterocycles. The fourth-order valence-electron chi connectivity index (χ4n) is 1.59. The molecule has 0 radical (unpaired) electrons. The molecule has 0 amide bonds. The Bertz CT molecular complexity index is 321. The van der Waals surface area contributed by atoms with Crippen LogP contribution >= 0.6 is 0 Å². The standard InChI is InChI=1S/C14H23NO/c1-11(2)10-16-8-7-15-14-6-5-12(3)9-13(14)4/h5-6,9,11,15H,7-8,10H2,1-4H3. The van der Waals surface area contributed by atoms with Gasteiger partial charge in [0.25, 0.3) is 0 Å². The third-order valence-corrected chi connectivity index (χ3v) is 2.39. The number of ether oxygens (including phenoxy) is 1. The average molecular weight is 221 g/mol. The van der Waals surface area contributed by atoms with Crippen molar-refractivity contribution >= 4 is 5.69 Å². The summed E-state index contributed by atoms with van der Waals surface area (Å²) in [5.41, 5.74) is 3.81. The maximum absolute atomic E-state index is 5.52. The summed E-state index contributed by atoms with van der Waals surface area (Å²) in [7, 11) is 0. The van der Waals surface area contributed by atoms with Gasteiger partial charge in [0.2, 0.25) is 0 Å². The van der Waals surface area contributed by atoms with Crippen LogP contribution in [0.2, 0.25) is 0 Å². The van der Waals surface area contributed by atoms with Crippen LogP contribution in [-0.2, 0) is 4.74 Å². The third-order valence-electron chi connectivity index (χ3n) is 2.39. The van der Waals surface area contributed by atoms with Crippen molar-refractivity contribution in [3.8, 4) is 0 Å². The van der Waals surface area contributed by atoms with Gasteiger partial charge < -0.3 is 10.1 Å². The Morgan fingerprint density at radius 2 is 2.00 bits per heavy atom. The fraction of sp³-hybridized carbons (Fsp3) is 0.571. The van der Waals surface area contributed by atoms with Gasteiger partial charge in [0.05, 0.1) is 6.61 Å². The lowest BCUT2D eigenvalue weighted by Crippen LogP contribution is -2.12. The van der Waals surface area contributed by atoms with Crippen molar-refractivity contribution in [2.24, 2.45) is 5.92 Å². The lowest BCUT2D eigenvalue weighted by atomic mass is 10.1. The molecule has 2 nitrogen and oxygen atoms in total. The third kappa shape index (κ3) is 4.67. The smallest absolute Gasteiger partial charge is 0.0639 e. The summed E-state index contributed by atoms with van der Waals surface area (Å²) in [5, 5.41) is 3.39. The van der Waals surface area contributed by atoms with Gasteiger partial charge >= 0.3 is 0 Å². The number of aryl methyl sites for hydroxylation is 2. The van der Waals surface area contributed by atoms with Crippen molar-refractivity contribution in [2.45, 2.75) is 27.7 Å². The molecule has 1 aromatic carbocycles. The second-order valence-corrected chi connectivity index (χ2v) is 4.71. The number of nitrogens with one attached hydrogen (secondary N) is 1. The summed E-state index contributed by atoms with van der Waals surface area (Å²) >= 11 is 0. The predicted octanol–water partition coefficient (Wildman–Crippen LogP) is 3.39. The van der Waals surface area contributed by atoms with E-state index in [4.69, 9.17) is 4.74 Å². The van der Waals surface area contributed by atoms with Crippen LogP contribution in [-0.4, -0.2) is 19.8 Å². The second-order valence-electron chi connectivity index (χ2n) is 4.71. The van der Waals surface area contributed by atoms with Crippen molar-refractivity contribution in [1.82, 2.24) is 0 Å². The SMILES string of the molecule is Cc1ccc(NCCOCC(C)C)c(C)c1. The monoisotopic (exact) mass is 221 g/mol. The minimum absolute atomic E-state index is 0.612. The molecular formula is C14H23NO. The molecule has 0 atom stereocenters. The Labute approximate surface area is 99.0 Å². The molecule has 0 saturated heterocycles. The minimum Gasteiger partial charge on any atom is -0.383 e. The normalized spacial score (nSPS) is 10.8. The fourth-order valence-corrected chi connectivity index (χ4v) is 1.59. The minimum atomic E-state index is 0.612. The molecule has 0 unspecified atom stereocenters. The van der Waals surface area contributed by atoms with E-state index in [0.29, 0.717) is 5.92 Å². The van der Waals surface area contributed by atoms with E-state index >= 15 is 0 Å². The summed E-state index contributed by atoms with van der Waals surface area (Å²) in [4.78, 5) is 0. The zero-order valence-corrected chi connectivity index (χ0v) is 10.8. The molecule has 1 aromatic rings. The Balaban J connectivity index is 2.27. The Morgan fingerprint density at radius 3 is 2.62 bits per heavy atom. The molecule has 2 heteroatoms. The number of anilines is 1. The molecule has 0 fully saturated rings. The van der Waals surface area contributed by atoms with E-state index in [1.54, 1.807) is 0 Å². The number of rotatable bonds is 6. The van der Waals surface area contributed by atoms with Gasteiger partial charge in [-0.2, -0.15) is 0 Å². The molecule has 1 rings (SSSR count). The zero-order valence-electron chi connectivity index (χ0n) is 10.8. The van der Waals surface area contributed by atoms with Gasteiger partial charge in [-0.15, -0.1) is 0 Å². The number of hydrogen-bond acceptors (Lipinski definition) is 2. The van der Waals surface area contributed by atoms with Crippen LogP contribution in [0.25, 0.3) is 0 Å². The quantitative estimate of drug-likeness (QED) is 0.743. The molecule has 0 saturated carbocycles. The lowest BCUT2D eigenvalue weighted by molar-refractivity contribution is 0.118. The largest absolute Gasteiger partial charge is 0.383 e. The van der Waals surface area contributed by atoms with Crippen LogP contribution < -0.4 is 5.32 Å². The van der Waals surface area contributed by atoms with Crippen molar-refractivity contribution in [3.63, 3.8) is 0 Å². The maximum Gasteiger partial charge on any atom is 0.0639 e. The van der Waals surface area contributed by atoms with Crippen molar-refractivity contribution in [2.75, 3.05) is 25.1 Å². The molecule has 0 aliphatic heterocycles.